The van der Waals surface area contributed by atoms with E-state index in [1.807, 2.05) is 41.7 Å². The van der Waals surface area contributed by atoms with Crippen molar-refractivity contribution in [2.24, 2.45) is 5.41 Å². The Kier molecular flexibility index (Phi) is 4.83. The molecule has 0 bridgehead atoms. The number of benzene rings is 1. The van der Waals surface area contributed by atoms with Gasteiger partial charge in [0.2, 0.25) is 0 Å². The highest BCUT2D eigenvalue weighted by atomic mass is 16.2. The first kappa shape index (κ1) is 18.9. The van der Waals surface area contributed by atoms with Gasteiger partial charge in [-0.05, 0) is 67.3 Å². The first-order chi connectivity index (χ1) is 14.6. The summed E-state index contributed by atoms with van der Waals surface area (Å²) in [4.78, 5) is 29.2. The fraction of sp³-hybridized carbons (Fsp3) is 0.391. The van der Waals surface area contributed by atoms with Crippen LogP contribution < -0.4 is 16.0 Å². The molecule has 156 valence electrons. The van der Waals surface area contributed by atoms with Crippen LogP contribution in [-0.2, 0) is 0 Å². The van der Waals surface area contributed by atoms with Gasteiger partial charge in [0, 0.05) is 54.9 Å². The maximum atomic E-state index is 13.0. The number of nitrogens with one attached hydrogen (secondary N) is 3. The second-order valence-electron chi connectivity index (χ2n) is 8.65. The molecule has 2 fully saturated rings. The third-order valence-corrected chi connectivity index (χ3v) is 6.55. The molecule has 1 unspecified atom stereocenters. The second kappa shape index (κ2) is 7.65. The molecule has 2 saturated heterocycles. The van der Waals surface area contributed by atoms with Crippen LogP contribution in [0.3, 0.4) is 0 Å². The summed E-state index contributed by atoms with van der Waals surface area (Å²) in [6.45, 7) is 4.26. The molecule has 3 N–H and O–H groups in total. The largest absolute Gasteiger partial charge is 0.367 e. The predicted molar refractivity (Wildman–Crippen MR) is 116 cm³/mol. The van der Waals surface area contributed by atoms with Crippen LogP contribution >= 0.6 is 0 Å². The Bertz CT molecular complexity index is 941. The van der Waals surface area contributed by atoms with Gasteiger partial charge in [0.05, 0.1) is 6.54 Å². The van der Waals surface area contributed by atoms with Crippen LogP contribution in [0.1, 0.15) is 29.6 Å². The Morgan fingerprint density at radius 1 is 1.13 bits per heavy atom. The number of carbonyl (C=O) groups is 2. The van der Waals surface area contributed by atoms with E-state index in [-0.39, 0.29) is 17.4 Å². The number of hydrogen-bond donors (Lipinski definition) is 3. The van der Waals surface area contributed by atoms with Crippen molar-refractivity contribution in [1.82, 2.24) is 20.4 Å². The number of anilines is 1. The van der Waals surface area contributed by atoms with Crippen LogP contribution in [0.2, 0.25) is 0 Å². The highest BCUT2D eigenvalue weighted by Gasteiger charge is 2.39. The monoisotopic (exact) mass is 405 g/mol. The lowest BCUT2D eigenvalue weighted by molar-refractivity contribution is 0.0553. The van der Waals surface area contributed by atoms with E-state index in [1.165, 1.54) is 6.42 Å². The van der Waals surface area contributed by atoms with E-state index in [2.05, 4.69) is 16.0 Å². The van der Waals surface area contributed by atoms with E-state index in [9.17, 15) is 9.59 Å². The van der Waals surface area contributed by atoms with E-state index >= 15 is 0 Å². The third-order valence-electron chi connectivity index (χ3n) is 6.55. The first-order valence-electron chi connectivity index (χ1n) is 10.6. The second-order valence-corrected chi connectivity index (χ2v) is 8.65. The maximum absolute atomic E-state index is 13.0. The van der Waals surface area contributed by atoms with E-state index in [4.69, 9.17) is 0 Å². The van der Waals surface area contributed by atoms with Gasteiger partial charge in [-0.25, -0.2) is 4.79 Å². The fourth-order valence-corrected chi connectivity index (χ4v) is 4.87. The molecule has 3 amide bonds. The number of urea groups is 1. The Morgan fingerprint density at radius 2 is 2.00 bits per heavy atom. The van der Waals surface area contributed by atoms with Gasteiger partial charge >= 0.3 is 6.03 Å². The van der Waals surface area contributed by atoms with E-state index < -0.39 is 0 Å². The number of dihydropyridines is 1. The van der Waals surface area contributed by atoms with E-state index in [0.29, 0.717) is 17.8 Å². The summed E-state index contributed by atoms with van der Waals surface area (Å²) in [5.41, 5.74) is 3.74. The molecule has 7 heteroatoms. The van der Waals surface area contributed by atoms with Crippen LogP contribution in [-0.4, -0.2) is 54.5 Å². The van der Waals surface area contributed by atoms with E-state index in [0.717, 1.165) is 50.2 Å². The average molecular weight is 406 g/mol. The molecule has 5 rings (SSSR count). The van der Waals surface area contributed by atoms with Gasteiger partial charge in [0.1, 0.15) is 0 Å². The summed E-state index contributed by atoms with van der Waals surface area (Å²) in [5, 5.41) is 9.41. The lowest BCUT2D eigenvalue weighted by Gasteiger charge is -2.40. The molecule has 0 aliphatic carbocycles. The van der Waals surface area contributed by atoms with Gasteiger partial charge < -0.3 is 20.9 Å². The number of amides is 3. The summed E-state index contributed by atoms with van der Waals surface area (Å²) in [7, 11) is 0. The van der Waals surface area contributed by atoms with Crippen LogP contribution in [0.25, 0.3) is 0 Å². The lowest BCUT2D eigenvalue weighted by atomic mass is 9.79. The van der Waals surface area contributed by atoms with Crippen molar-refractivity contribution in [1.29, 1.82) is 0 Å². The Morgan fingerprint density at radius 3 is 2.77 bits per heavy atom. The fourth-order valence-electron chi connectivity index (χ4n) is 4.87. The number of allylic oxidation sites excluding steroid dienone is 1. The molecule has 1 aromatic rings. The number of likely N-dealkylation sites (tertiary alicyclic amines) is 1. The van der Waals surface area contributed by atoms with Crippen molar-refractivity contribution in [2.45, 2.75) is 19.3 Å². The molecule has 1 spiro atoms. The smallest absolute Gasteiger partial charge is 0.326 e. The Balaban J connectivity index is 1.21. The zero-order valence-corrected chi connectivity index (χ0v) is 17.0. The predicted octanol–water partition coefficient (Wildman–Crippen LogP) is 2.63. The van der Waals surface area contributed by atoms with Crippen LogP contribution in [0, 0.1) is 5.41 Å². The zero-order valence-electron chi connectivity index (χ0n) is 17.0. The summed E-state index contributed by atoms with van der Waals surface area (Å²) >= 11 is 0. The highest BCUT2D eigenvalue weighted by molar-refractivity contribution is 5.96. The molecule has 4 aliphatic rings. The van der Waals surface area contributed by atoms with Gasteiger partial charge in [-0.15, -0.1) is 0 Å². The van der Waals surface area contributed by atoms with Gasteiger partial charge in [0.25, 0.3) is 5.91 Å². The molecule has 4 heterocycles. The highest BCUT2D eigenvalue weighted by Crippen LogP contribution is 2.36. The van der Waals surface area contributed by atoms with Gasteiger partial charge in [-0.2, -0.15) is 0 Å². The minimum Gasteiger partial charge on any atom is -0.367 e. The first-order valence-corrected chi connectivity index (χ1v) is 10.6. The topological polar surface area (TPSA) is 76.7 Å². The molecule has 4 aliphatic heterocycles. The molecule has 30 heavy (non-hydrogen) atoms. The molecule has 7 nitrogen and oxygen atoms in total. The Hall–Kier alpha value is -3.06. The summed E-state index contributed by atoms with van der Waals surface area (Å²) < 4.78 is 0. The van der Waals surface area contributed by atoms with Crippen molar-refractivity contribution >= 4 is 17.6 Å². The average Bonchev–Trinajstić information content (AvgIpc) is 3.41. The quantitative estimate of drug-likeness (QED) is 0.707. The molecule has 1 aromatic carbocycles. The number of nitrogens with zero attached hydrogens (tertiary/aromatic N) is 2. The molecule has 0 radical (unpaired) electrons. The third kappa shape index (κ3) is 3.61. The molecule has 1 atom stereocenters. The molecular weight excluding hydrogens is 378 g/mol. The summed E-state index contributed by atoms with van der Waals surface area (Å²) in [6.07, 6.45) is 11.0. The summed E-state index contributed by atoms with van der Waals surface area (Å²) in [5.74, 6) is 0.0819. The lowest BCUT2D eigenvalue weighted by Crippen LogP contribution is -2.47. The number of rotatable bonds is 2. The number of carbonyl (C=O) groups excluding carboxylic acids is 2. The normalized spacial score (nSPS) is 24.9. The van der Waals surface area contributed by atoms with Crippen molar-refractivity contribution in [2.75, 3.05) is 38.0 Å². The number of fused-ring (bicyclic) bond motifs is 1. The molecule has 0 aromatic heterocycles. The Labute approximate surface area is 176 Å². The SMILES string of the molecule is O=C(Nc1ccc(C(=O)N2CCCC3(CCNC3)C2)cc1)N1C=C2C=CNC=C2C1. The van der Waals surface area contributed by atoms with Crippen LogP contribution in [0.15, 0.2) is 60.1 Å². The van der Waals surface area contributed by atoms with Gasteiger partial charge in [0.15, 0.2) is 0 Å². The van der Waals surface area contributed by atoms with Crippen molar-refractivity contribution in [3.8, 4) is 0 Å². The standard InChI is InChI=1S/C23H27N5O2/c29-21(27-11-1-7-23(16-27)8-10-25-15-23)17-2-4-20(5-3-17)26-22(30)28-13-18-6-9-24-12-19(18)14-28/h2-6,9,12-13,24-25H,1,7-8,10-11,14-16H2,(H,26,30). The maximum Gasteiger partial charge on any atom is 0.326 e. The number of hydrogen-bond acceptors (Lipinski definition) is 4. The van der Waals surface area contributed by atoms with Gasteiger partial charge in [-0.1, -0.05) is 0 Å². The van der Waals surface area contributed by atoms with Gasteiger partial charge in [-0.3, -0.25) is 9.69 Å². The van der Waals surface area contributed by atoms with Crippen LogP contribution in [0.4, 0.5) is 10.5 Å². The zero-order chi connectivity index (χ0) is 20.6. The summed E-state index contributed by atoms with van der Waals surface area (Å²) in [6, 6.07) is 7.04. The van der Waals surface area contributed by atoms with E-state index in [1.54, 1.807) is 17.0 Å². The molecular formula is C23H27N5O2. The minimum absolute atomic E-state index is 0.0819. The van der Waals surface area contributed by atoms with Crippen molar-refractivity contribution in [3.05, 3.63) is 65.7 Å². The molecule has 0 saturated carbocycles. The minimum atomic E-state index is -0.183. The van der Waals surface area contributed by atoms with Crippen LogP contribution in [0.5, 0.6) is 0 Å². The number of piperidine rings is 1. The van der Waals surface area contributed by atoms with Crippen molar-refractivity contribution < 1.29 is 9.59 Å². The van der Waals surface area contributed by atoms with Crippen molar-refractivity contribution in [3.63, 3.8) is 0 Å².